The number of nitrogens with zero attached hydrogens (tertiary/aromatic N) is 1. The summed E-state index contributed by atoms with van der Waals surface area (Å²) in [6.07, 6.45) is -11.0. The fourth-order valence-corrected chi connectivity index (χ4v) is 9.62. The number of aliphatic hydroxyl groups is 4. The van der Waals surface area contributed by atoms with Crippen LogP contribution in [0.5, 0.6) is 0 Å². The molecule has 0 aromatic heterocycles. The van der Waals surface area contributed by atoms with E-state index < -0.39 is 143 Å². The van der Waals surface area contributed by atoms with Gasteiger partial charge in [-0.15, -0.1) is 0 Å². The highest BCUT2D eigenvalue weighted by atomic mass is 16.7. The topological polar surface area (TPSA) is 333 Å². The number of likely N-dealkylation sites (N-methyl/N-ethyl adjacent to an activating group) is 1. The number of carbonyl (C=O) groups excluding carboxylic acids is 6. The number of hydrogen-bond donors (Lipinski definition) is 10. The molecule has 0 radical (unpaired) electrons. The van der Waals surface area contributed by atoms with Crippen molar-refractivity contribution < 1.29 is 87.1 Å². The Morgan fingerprint density at radius 3 is 1.76 bits per heavy atom. The van der Waals surface area contributed by atoms with Crippen LogP contribution in [0.15, 0.2) is 11.8 Å². The summed E-state index contributed by atoms with van der Waals surface area (Å²) in [7, 11) is 1.32. The second-order valence-corrected chi connectivity index (χ2v) is 26.1. The zero-order valence-corrected chi connectivity index (χ0v) is 48.9. The van der Waals surface area contributed by atoms with Crippen LogP contribution in [0.25, 0.3) is 0 Å². The average molecular weight is 1120 g/mol. The molecule has 4 aliphatic rings. The molecule has 2 aliphatic heterocycles. The highest BCUT2D eigenvalue weighted by molar-refractivity contribution is 5.81. The predicted octanol–water partition coefficient (Wildman–Crippen LogP) is 3.57. The number of amides is 6. The van der Waals surface area contributed by atoms with Crippen LogP contribution in [-0.4, -0.2) is 196 Å². The first-order valence-corrected chi connectivity index (χ1v) is 26.9. The third-order valence-electron chi connectivity index (χ3n) is 12.7. The Hall–Kier alpha value is -4.92. The molecule has 2 saturated carbocycles. The van der Waals surface area contributed by atoms with E-state index in [-0.39, 0.29) is 44.3 Å². The van der Waals surface area contributed by atoms with Gasteiger partial charge in [0.2, 0.25) is 5.91 Å². The first kappa shape index (κ1) is 65.6. The van der Waals surface area contributed by atoms with Crippen molar-refractivity contribution >= 4 is 36.4 Å². The average Bonchev–Trinajstić information content (AvgIpc) is 3.22. The molecule has 4 rings (SSSR count). The second kappa shape index (κ2) is 26.1. The van der Waals surface area contributed by atoms with E-state index in [0.717, 1.165) is 4.90 Å². The normalized spacial score (nSPS) is 30.1. The van der Waals surface area contributed by atoms with E-state index in [1.54, 1.807) is 110 Å². The fraction of sp³-hybridized carbons (Fsp3) is 0.849. The standard InChI is InChI=1S/C53H93N7O18/c1-48(2,3)74-43(65)55-21-20-34(61)41(64)57-33-24-32(59-46(68)77-51(10,11)12)35(36(62)39(33)73-42-37(63)40(53(16,70)27-71-42)60(17)47(69)78-52(13,14)15)38-31(58-45(67)76-50(7,8)9)19-18-30(72-38)26-54-25-28-22-29(23-28)56-44(66)75-49(4,5)6/h18,28-29,31-40,42,54,61-63,70H,19-27H2,1-17H3,(H,55,65)(H,56,66)(H,57,64)(H,58,67)(H,59,68)/t28-,29-,31-,32+,33-,34+,35-,36+,37-,38?,39+,40-,42-,53+/m1/s1. The van der Waals surface area contributed by atoms with Crippen molar-refractivity contribution in [2.24, 2.45) is 11.8 Å². The monoisotopic (exact) mass is 1120 g/mol. The fourth-order valence-electron chi connectivity index (χ4n) is 9.62. The first-order chi connectivity index (χ1) is 35.6. The maximum absolute atomic E-state index is 14.0. The molecule has 448 valence electrons. The van der Waals surface area contributed by atoms with E-state index in [0.29, 0.717) is 25.1 Å². The Kier molecular flexibility index (Phi) is 22.0. The van der Waals surface area contributed by atoms with Crippen LogP contribution in [0.2, 0.25) is 0 Å². The minimum Gasteiger partial charge on any atom is -0.491 e. The minimum absolute atomic E-state index is 0.0543. The lowest BCUT2D eigenvalue weighted by atomic mass is 9.72. The molecule has 0 spiro atoms. The van der Waals surface area contributed by atoms with Gasteiger partial charge in [0.15, 0.2) is 6.29 Å². The molecule has 1 unspecified atom stereocenters. The molecule has 0 aromatic rings. The summed E-state index contributed by atoms with van der Waals surface area (Å²) in [6.45, 7) is 26.8. The third kappa shape index (κ3) is 21.0. The molecule has 6 amide bonds. The van der Waals surface area contributed by atoms with Gasteiger partial charge in [0, 0.05) is 31.6 Å². The summed E-state index contributed by atoms with van der Waals surface area (Å²) >= 11 is 0. The van der Waals surface area contributed by atoms with Crippen molar-refractivity contribution in [1.29, 1.82) is 0 Å². The molecule has 1 saturated heterocycles. The first-order valence-electron chi connectivity index (χ1n) is 26.9. The van der Waals surface area contributed by atoms with E-state index in [1.165, 1.54) is 14.0 Å². The number of alkyl carbamates (subject to hydrolysis) is 4. The highest BCUT2D eigenvalue weighted by Gasteiger charge is 2.57. The number of rotatable bonds is 16. The zero-order valence-electron chi connectivity index (χ0n) is 48.9. The lowest BCUT2D eigenvalue weighted by Gasteiger charge is -2.52. The molecule has 10 N–H and O–H groups in total. The lowest BCUT2D eigenvalue weighted by molar-refractivity contribution is -0.305. The van der Waals surface area contributed by atoms with Gasteiger partial charge >= 0.3 is 30.5 Å². The summed E-state index contributed by atoms with van der Waals surface area (Å²) < 4.78 is 46.8. The van der Waals surface area contributed by atoms with Crippen LogP contribution in [0.1, 0.15) is 143 Å². The summed E-state index contributed by atoms with van der Waals surface area (Å²) in [5, 5.41) is 65.1. The molecule has 0 aromatic carbocycles. The highest BCUT2D eigenvalue weighted by Crippen LogP contribution is 2.39. The molecular weight excluding hydrogens is 1020 g/mol. The van der Waals surface area contributed by atoms with Crippen molar-refractivity contribution in [1.82, 2.24) is 36.8 Å². The quantitative estimate of drug-likeness (QED) is 0.0988. The summed E-state index contributed by atoms with van der Waals surface area (Å²) in [5.41, 5.74) is -6.21. The molecule has 25 nitrogen and oxygen atoms in total. The van der Waals surface area contributed by atoms with Crippen molar-refractivity contribution in [2.75, 3.05) is 33.3 Å². The van der Waals surface area contributed by atoms with Crippen LogP contribution >= 0.6 is 0 Å². The maximum Gasteiger partial charge on any atom is 0.410 e. The maximum atomic E-state index is 14.0. The number of hydrogen-bond acceptors (Lipinski definition) is 19. The third-order valence-corrected chi connectivity index (χ3v) is 12.7. The summed E-state index contributed by atoms with van der Waals surface area (Å²) in [5.74, 6) is -1.59. The van der Waals surface area contributed by atoms with Crippen LogP contribution in [0.3, 0.4) is 0 Å². The number of nitrogens with one attached hydrogen (secondary N) is 6. The Morgan fingerprint density at radius 1 is 0.705 bits per heavy atom. The van der Waals surface area contributed by atoms with Gasteiger partial charge in [0.05, 0.1) is 37.4 Å². The molecule has 78 heavy (non-hydrogen) atoms. The number of ether oxygens (including phenoxy) is 8. The molecule has 2 aliphatic carbocycles. The van der Waals surface area contributed by atoms with Gasteiger partial charge in [-0.05, 0) is 161 Å². The number of aliphatic hydroxyl groups excluding tert-OH is 3. The molecule has 25 heteroatoms. The lowest BCUT2D eigenvalue weighted by Crippen LogP contribution is -2.71. The molecule has 12 atom stereocenters. The van der Waals surface area contributed by atoms with E-state index in [4.69, 9.17) is 37.9 Å². The van der Waals surface area contributed by atoms with E-state index >= 15 is 0 Å². The van der Waals surface area contributed by atoms with Gasteiger partial charge in [-0.2, -0.15) is 0 Å². The Bertz CT molecular complexity index is 2090. The largest absolute Gasteiger partial charge is 0.491 e. The van der Waals surface area contributed by atoms with Crippen molar-refractivity contribution in [2.45, 2.75) is 244 Å². The zero-order chi connectivity index (χ0) is 59.1. The predicted molar refractivity (Wildman–Crippen MR) is 283 cm³/mol. The Morgan fingerprint density at radius 2 is 1.22 bits per heavy atom. The van der Waals surface area contributed by atoms with Crippen LogP contribution in [-0.2, 0) is 42.7 Å². The van der Waals surface area contributed by atoms with Gasteiger partial charge < -0.3 is 95.1 Å². The van der Waals surface area contributed by atoms with Gasteiger partial charge in [-0.1, -0.05) is 0 Å². The summed E-state index contributed by atoms with van der Waals surface area (Å²) in [6, 6.07) is -4.91. The van der Waals surface area contributed by atoms with Crippen molar-refractivity contribution in [3.05, 3.63) is 11.8 Å². The second-order valence-electron chi connectivity index (χ2n) is 26.1. The molecule has 0 bridgehead atoms. The summed E-state index contributed by atoms with van der Waals surface area (Å²) in [4.78, 5) is 80.6. The van der Waals surface area contributed by atoms with E-state index in [9.17, 15) is 49.2 Å². The molecular formula is C53H93N7O18. The van der Waals surface area contributed by atoms with Crippen LogP contribution in [0.4, 0.5) is 24.0 Å². The van der Waals surface area contributed by atoms with Crippen molar-refractivity contribution in [3.8, 4) is 0 Å². The van der Waals surface area contributed by atoms with Crippen LogP contribution < -0.4 is 31.9 Å². The Balaban J connectivity index is 1.74. The Labute approximate surface area is 459 Å². The van der Waals surface area contributed by atoms with Crippen LogP contribution in [0, 0.1) is 11.8 Å². The van der Waals surface area contributed by atoms with E-state index in [1.807, 2.05) is 0 Å². The van der Waals surface area contributed by atoms with E-state index in [2.05, 4.69) is 31.9 Å². The van der Waals surface area contributed by atoms with Gasteiger partial charge in [0.1, 0.15) is 63.8 Å². The minimum atomic E-state index is -1.88. The number of carbonyl (C=O) groups is 6. The van der Waals surface area contributed by atoms with Gasteiger partial charge in [0.25, 0.3) is 0 Å². The molecule has 2 heterocycles. The van der Waals surface area contributed by atoms with Gasteiger partial charge in [-0.3, -0.25) is 4.79 Å². The van der Waals surface area contributed by atoms with Crippen molar-refractivity contribution in [3.63, 3.8) is 0 Å². The molecule has 3 fully saturated rings. The smallest absolute Gasteiger partial charge is 0.410 e. The van der Waals surface area contributed by atoms with Gasteiger partial charge in [-0.25, -0.2) is 24.0 Å². The SMILES string of the molecule is CN(C(=O)OC(C)(C)C)[C@@H]1[C@@H](O)[C@@H](O[C@@H]2[C@@H](O)[C@H](C3OC(CNC[C@H]4C[C@H](NC(=O)OC(C)(C)C)C4)=CC[C@H]3NC(=O)OC(C)(C)C)[C@@H](NC(=O)OC(C)(C)C)C[C@H]2NC(=O)[C@@H](O)CCNC(=O)OC(C)(C)C)OC[C@]1(C)O.